The fraction of sp³-hybridized carbons (Fsp3) is 0.611. The van der Waals surface area contributed by atoms with Crippen LogP contribution in [-0.4, -0.2) is 46.7 Å². The van der Waals surface area contributed by atoms with Gasteiger partial charge in [-0.15, -0.1) is 0 Å². The quantitative estimate of drug-likeness (QED) is 0.543. The summed E-state index contributed by atoms with van der Waals surface area (Å²) in [4.78, 5) is 12.1. The molecule has 1 unspecified atom stereocenters. The van der Waals surface area contributed by atoms with E-state index < -0.39 is 10.0 Å². The van der Waals surface area contributed by atoms with Crippen LogP contribution >= 0.6 is 0 Å². The largest absolute Gasteiger partial charge is 0.490 e. The molecule has 0 aromatic heterocycles. The molecule has 0 saturated heterocycles. The van der Waals surface area contributed by atoms with Crippen molar-refractivity contribution in [3.63, 3.8) is 0 Å². The zero-order chi connectivity index (χ0) is 19.7. The monoisotopic (exact) mass is 399 g/mol. The van der Waals surface area contributed by atoms with Gasteiger partial charge in [-0.2, -0.15) is 0 Å². The minimum atomic E-state index is -3.74. The third kappa shape index (κ3) is 6.67. The van der Waals surface area contributed by atoms with E-state index in [9.17, 15) is 13.2 Å². The van der Waals surface area contributed by atoms with Gasteiger partial charge in [0.05, 0.1) is 18.1 Å². The molecule has 1 aliphatic heterocycles. The Bertz CT molecular complexity index is 724. The standard InChI is InChI=1S/C18H29N3O5S/c1-2-3-5-14(13-19)21-18(22)8-9-20-27(23,24)15-6-7-16-17(12-15)26-11-4-10-25-16/h6-7,12,14,20H,2-5,8-11,13,19H2,1H3,(H,21,22). The second-order valence-corrected chi connectivity index (χ2v) is 8.22. The summed E-state index contributed by atoms with van der Waals surface area (Å²) in [6.45, 7) is 3.46. The Morgan fingerprint density at radius 1 is 1.26 bits per heavy atom. The second kappa shape index (κ2) is 10.5. The molecule has 1 heterocycles. The lowest BCUT2D eigenvalue weighted by atomic mass is 10.1. The van der Waals surface area contributed by atoms with Crippen molar-refractivity contribution in [1.29, 1.82) is 0 Å². The topological polar surface area (TPSA) is 120 Å². The number of sulfonamides is 1. The van der Waals surface area contributed by atoms with Crippen molar-refractivity contribution in [2.24, 2.45) is 5.73 Å². The van der Waals surface area contributed by atoms with Crippen LogP contribution in [0.15, 0.2) is 23.1 Å². The molecule has 0 aliphatic carbocycles. The molecule has 1 aliphatic rings. The number of carbonyl (C=O) groups excluding carboxylic acids is 1. The van der Waals surface area contributed by atoms with E-state index in [0.29, 0.717) is 31.3 Å². The van der Waals surface area contributed by atoms with Gasteiger partial charge in [0.1, 0.15) is 0 Å². The highest BCUT2D eigenvalue weighted by atomic mass is 32.2. The number of fused-ring (bicyclic) bond motifs is 1. The molecular formula is C18H29N3O5S. The Morgan fingerprint density at radius 2 is 2.00 bits per heavy atom. The van der Waals surface area contributed by atoms with Gasteiger partial charge in [0.25, 0.3) is 0 Å². The van der Waals surface area contributed by atoms with E-state index in [2.05, 4.69) is 17.0 Å². The summed E-state index contributed by atoms with van der Waals surface area (Å²) in [5, 5.41) is 2.84. The molecule has 8 nitrogen and oxygen atoms in total. The number of unbranched alkanes of at least 4 members (excludes halogenated alkanes) is 1. The van der Waals surface area contributed by atoms with E-state index in [1.807, 2.05) is 0 Å². The molecule has 0 saturated carbocycles. The number of nitrogens with two attached hydrogens (primary N) is 1. The van der Waals surface area contributed by atoms with Crippen molar-refractivity contribution in [1.82, 2.24) is 10.0 Å². The Balaban J connectivity index is 1.87. The summed E-state index contributed by atoms with van der Waals surface area (Å²) in [5.41, 5.74) is 5.65. The minimum Gasteiger partial charge on any atom is -0.490 e. The first-order valence-corrected chi connectivity index (χ1v) is 10.8. The van der Waals surface area contributed by atoms with Crippen LogP contribution in [0.1, 0.15) is 39.0 Å². The Hall–Kier alpha value is -1.84. The fourth-order valence-electron chi connectivity index (χ4n) is 2.69. The zero-order valence-corrected chi connectivity index (χ0v) is 16.5. The molecular weight excluding hydrogens is 370 g/mol. The molecule has 1 amide bonds. The molecule has 9 heteroatoms. The third-order valence-corrected chi connectivity index (χ3v) is 5.69. The number of amides is 1. The lowest BCUT2D eigenvalue weighted by molar-refractivity contribution is -0.121. The molecule has 2 rings (SSSR count). The van der Waals surface area contributed by atoms with Crippen molar-refractivity contribution in [2.75, 3.05) is 26.3 Å². The zero-order valence-electron chi connectivity index (χ0n) is 15.7. The van der Waals surface area contributed by atoms with Crippen LogP contribution in [0.3, 0.4) is 0 Å². The summed E-state index contributed by atoms with van der Waals surface area (Å²) < 4.78 is 38.4. The van der Waals surface area contributed by atoms with Crippen LogP contribution in [0, 0.1) is 0 Å². The highest BCUT2D eigenvalue weighted by Crippen LogP contribution is 2.31. The predicted octanol–water partition coefficient (Wildman–Crippen LogP) is 1.15. The van der Waals surface area contributed by atoms with Crippen molar-refractivity contribution in [2.45, 2.75) is 50.0 Å². The van der Waals surface area contributed by atoms with Crippen LogP contribution in [0.4, 0.5) is 0 Å². The Labute approximate surface area is 160 Å². The predicted molar refractivity (Wildman–Crippen MR) is 102 cm³/mol. The van der Waals surface area contributed by atoms with Crippen molar-refractivity contribution in [3.05, 3.63) is 18.2 Å². The molecule has 0 bridgehead atoms. The fourth-order valence-corrected chi connectivity index (χ4v) is 3.74. The van der Waals surface area contributed by atoms with Crippen molar-refractivity contribution >= 4 is 15.9 Å². The molecule has 1 aromatic rings. The van der Waals surface area contributed by atoms with Gasteiger partial charge in [0.2, 0.25) is 15.9 Å². The van der Waals surface area contributed by atoms with Gasteiger partial charge in [-0.1, -0.05) is 19.8 Å². The van der Waals surface area contributed by atoms with E-state index in [4.69, 9.17) is 15.2 Å². The van der Waals surface area contributed by atoms with Gasteiger partial charge in [0, 0.05) is 38.0 Å². The smallest absolute Gasteiger partial charge is 0.240 e. The number of hydrogen-bond donors (Lipinski definition) is 3. The molecule has 0 radical (unpaired) electrons. The van der Waals surface area contributed by atoms with Crippen LogP contribution in [0.2, 0.25) is 0 Å². The molecule has 0 fully saturated rings. The first-order chi connectivity index (χ1) is 13.0. The molecule has 152 valence electrons. The van der Waals surface area contributed by atoms with E-state index >= 15 is 0 Å². The van der Waals surface area contributed by atoms with E-state index in [-0.39, 0.29) is 29.8 Å². The lowest BCUT2D eigenvalue weighted by Gasteiger charge is -2.16. The van der Waals surface area contributed by atoms with Crippen molar-refractivity contribution < 1.29 is 22.7 Å². The number of nitrogens with one attached hydrogen (secondary N) is 2. The van der Waals surface area contributed by atoms with Gasteiger partial charge in [-0.3, -0.25) is 4.79 Å². The number of carbonyl (C=O) groups is 1. The molecule has 1 aromatic carbocycles. The first-order valence-electron chi connectivity index (χ1n) is 9.35. The first kappa shape index (κ1) is 21.5. The lowest BCUT2D eigenvalue weighted by Crippen LogP contribution is -2.41. The maximum Gasteiger partial charge on any atom is 0.240 e. The number of ether oxygens (including phenoxy) is 2. The van der Waals surface area contributed by atoms with E-state index in [1.165, 1.54) is 12.1 Å². The third-order valence-electron chi connectivity index (χ3n) is 4.23. The number of rotatable bonds is 10. The highest BCUT2D eigenvalue weighted by Gasteiger charge is 2.19. The minimum absolute atomic E-state index is 0.00762. The Kier molecular flexibility index (Phi) is 8.33. The summed E-state index contributed by atoms with van der Waals surface area (Å²) in [7, 11) is -3.74. The maximum atomic E-state index is 12.4. The van der Waals surface area contributed by atoms with Crippen LogP contribution in [-0.2, 0) is 14.8 Å². The molecule has 1 atom stereocenters. The van der Waals surface area contributed by atoms with Crippen LogP contribution < -0.4 is 25.2 Å². The van der Waals surface area contributed by atoms with Gasteiger partial charge in [-0.25, -0.2) is 13.1 Å². The van der Waals surface area contributed by atoms with E-state index in [0.717, 1.165) is 25.7 Å². The van der Waals surface area contributed by atoms with Crippen molar-refractivity contribution in [3.8, 4) is 11.5 Å². The molecule has 4 N–H and O–H groups in total. The normalized spacial score (nSPS) is 15.0. The van der Waals surface area contributed by atoms with Crippen LogP contribution in [0.25, 0.3) is 0 Å². The van der Waals surface area contributed by atoms with Gasteiger partial charge < -0.3 is 20.5 Å². The van der Waals surface area contributed by atoms with Crippen LogP contribution in [0.5, 0.6) is 11.5 Å². The molecule has 27 heavy (non-hydrogen) atoms. The molecule has 0 spiro atoms. The summed E-state index contributed by atoms with van der Waals surface area (Å²) in [6.07, 6.45) is 3.63. The Morgan fingerprint density at radius 3 is 2.70 bits per heavy atom. The average Bonchev–Trinajstić information content (AvgIpc) is 2.89. The van der Waals surface area contributed by atoms with Gasteiger partial charge >= 0.3 is 0 Å². The SMILES string of the molecule is CCCCC(CN)NC(=O)CCNS(=O)(=O)c1ccc2c(c1)OCCCO2. The number of hydrogen-bond acceptors (Lipinski definition) is 6. The summed E-state index contributed by atoms with van der Waals surface area (Å²) >= 11 is 0. The summed E-state index contributed by atoms with van der Waals surface area (Å²) in [5.74, 6) is 0.725. The van der Waals surface area contributed by atoms with Gasteiger partial charge in [-0.05, 0) is 18.6 Å². The van der Waals surface area contributed by atoms with E-state index in [1.54, 1.807) is 6.07 Å². The summed E-state index contributed by atoms with van der Waals surface area (Å²) in [6, 6.07) is 4.42. The average molecular weight is 400 g/mol. The van der Waals surface area contributed by atoms with Gasteiger partial charge in [0.15, 0.2) is 11.5 Å². The maximum absolute atomic E-state index is 12.4. The number of benzene rings is 1. The second-order valence-electron chi connectivity index (χ2n) is 6.45. The highest BCUT2D eigenvalue weighted by molar-refractivity contribution is 7.89.